The van der Waals surface area contributed by atoms with Gasteiger partial charge in [-0.3, -0.25) is 0 Å². The Morgan fingerprint density at radius 3 is 2.53 bits per heavy atom. The third kappa shape index (κ3) is 3.24. The monoisotopic (exact) mass is 203 g/mol. The summed E-state index contributed by atoms with van der Waals surface area (Å²) in [7, 11) is 0. The van der Waals surface area contributed by atoms with E-state index in [0.717, 1.165) is 29.0 Å². The lowest BCUT2D eigenvalue weighted by Gasteiger charge is -2.14. The number of hydrogen-bond acceptors (Lipinski definition) is 2. The summed E-state index contributed by atoms with van der Waals surface area (Å²) in [5.74, 6) is 0.885. The third-order valence-electron chi connectivity index (χ3n) is 2.27. The molecule has 15 heavy (non-hydrogen) atoms. The highest BCUT2D eigenvalue weighted by Gasteiger charge is 2.12. The normalized spacial score (nSPS) is 16.3. The van der Waals surface area contributed by atoms with E-state index in [9.17, 15) is 0 Å². The molecule has 0 radical (unpaired) electrons. The van der Waals surface area contributed by atoms with Gasteiger partial charge in [-0.25, -0.2) is 0 Å². The van der Waals surface area contributed by atoms with Crippen molar-refractivity contribution in [1.29, 1.82) is 0 Å². The molecule has 0 spiro atoms. The fourth-order valence-corrected chi connectivity index (χ4v) is 1.12. The standard InChI is InChI=1S/C13H17NO/c1-9(2)6-7-10(3)13-8-11(4)12(5)15-14-13/h6-7H,1,3,8H2,2,4-5H3. The van der Waals surface area contributed by atoms with E-state index in [1.807, 2.05) is 32.9 Å². The van der Waals surface area contributed by atoms with Crippen molar-refractivity contribution in [1.82, 2.24) is 0 Å². The minimum Gasteiger partial charge on any atom is -0.362 e. The second-order valence-corrected chi connectivity index (χ2v) is 3.85. The largest absolute Gasteiger partial charge is 0.362 e. The molecule has 2 heteroatoms. The van der Waals surface area contributed by atoms with Gasteiger partial charge in [-0.15, -0.1) is 0 Å². The maximum absolute atomic E-state index is 5.18. The number of hydrogen-bond donors (Lipinski definition) is 0. The molecule has 0 unspecified atom stereocenters. The molecule has 0 saturated carbocycles. The summed E-state index contributed by atoms with van der Waals surface area (Å²) in [5.41, 5.74) is 3.96. The summed E-state index contributed by atoms with van der Waals surface area (Å²) in [6.07, 6.45) is 4.65. The van der Waals surface area contributed by atoms with Gasteiger partial charge < -0.3 is 4.84 Å². The number of rotatable bonds is 3. The summed E-state index contributed by atoms with van der Waals surface area (Å²) in [6, 6.07) is 0. The second-order valence-electron chi connectivity index (χ2n) is 3.85. The van der Waals surface area contributed by atoms with E-state index in [4.69, 9.17) is 4.84 Å². The van der Waals surface area contributed by atoms with Gasteiger partial charge in [0.2, 0.25) is 0 Å². The molecular weight excluding hydrogens is 186 g/mol. The number of nitrogens with zero attached hydrogens (tertiary/aromatic N) is 1. The van der Waals surface area contributed by atoms with E-state index in [2.05, 4.69) is 18.3 Å². The molecule has 1 heterocycles. The summed E-state index contributed by atoms with van der Waals surface area (Å²) >= 11 is 0. The Labute approximate surface area is 91.3 Å². The second kappa shape index (κ2) is 4.78. The van der Waals surface area contributed by atoms with Crippen molar-refractivity contribution in [2.45, 2.75) is 27.2 Å². The summed E-state index contributed by atoms with van der Waals surface area (Å²) in [5, 5.41) is 4.02. The summed E-state index contributed by atoms with van der Waals surface area (Å²) < 4.78 is 0. The summed E-state index contributed by atoms with van der Waals surface area (Å²) in [4.78, 5) is 5.18. The Kier molecular flexibility index (Phi) is 3.67. The van der Waals surface area contributed by atoms with Gasteiger partial charge >= 0.3 is 0 Å². The smallest absolute Gasteiger partial charge is 0.131 e. The van der Waals surface area contributed by atoms with Crippen LogP contribution in [-0.4, -0.2) is 5.71 Å². The molecular formula is C13H17NO. The predicted molar refractivity (Wildman–Crippen MR) is 64.6 cm³/mol. The highest BCUT2D eigenvalue weighted by atomic mass is 16.6. The molecule has 0 amide bonds. The van der Waals surface area contributed by atoms with Gasteiger partial charge in [0.25, 0.3) is 0 Å². The van der Waals surface area contributed by atoms with E-state index in [0.29, 0.717) is 0 Å². The van der Waals surface area contributed by atoms with Crippen LogP contribution in [0.5, 0.6) is 0 Å². The van der Waals surface area contributed by atoms with E-state index < -0.39 is 0 Å². The lowest BCUT2D eigenvalue weighted by atomic mass is 10.0. The van der Waals surface area contributed by atoms with E-state index >= 15 is 0 Å². The molecule has 1 aliphatic heterocycles. The molecule has 1 aliphatic rings. The van der Waals surface area contributed by atoms with Gasteiger partial charge in [0, 0.05) is 6.42 Å². The van der Waals surface area contributed by atoms with Crippen LogP contribution < -0.4 is 0 Å². The quantitative estimate of drug-likeness (QED) is 0.640. The average Bonchev–Trinajstić information content (AvgIpc) is 2.18. The maximum Gasteiger partial charge on any atom is 0.131 e. The van der Waals surface area contributed by atoms with Gasteiger partial charge in [0.05, 0.1) is 5.71 Å². The van der Waals surface area contributed by atoms with Crippen LogP contribution in [0.3, 0.4) is 0 Å². The van der Waals surface area contributed by atoms with Crippen molar-refractivity contribution < 1.29 is 4.84 Å². The molecule has 0 aromatic heterocycles. The van der Waals surface area contributed by atoms with Gasteiger partial charge in [-0.1, -0.05) is 36.0 Å². The molecule has 0 bridgehead atoms. The zero-order valence-electron chi connectivity index (χ0n) is 9.63. The van der Waals surface area contributed by atoms with Crippen LogP contribution in [0.25, 0.3) is 0 Å². The van der Waals surface area contributed by atoms with Crippen molar-refractivity contribution in [2.24, 2.45) is 5.16 Å². The van der Waals surface area contributed by atoms with Crippen molar-refractivity contribution in [2.75, 3.05) is 0 Å². The fourth-order valence-electron chi connectivity index (χ4n) is 1.12. The van der Waals surface area contributed by atoms with Crippen LogP contribution in [0.15, 0.2) is 52.9 Å². The first-order valence-electron chi connectivity index (χ1n) is 4.94. The predicted octanol–water partition coefficient (Wildman–Crippen LogP) is 3.75. The Hall–Kier alpha value is -1.57. The van der Waals surface area contributed by atoms with Crippen LogP contribution in [0.1, 0.15) is 27.2 Å². The lowest BCUT2D eigenvalue weighted by Crippen LogP contribution is -2.08. The van der Waals surface area contributed by atoms with E-state index in [1.165, 1.54) is 5.57 Å². The molecule has 0 N–H and O–H groups in total. The minimum atomic E-state index is 0.811. The first kappa shape index (κ1) is 11.5. The molecule has 0 atom stereocenters. The fraction of sp³-hybridized carbons (Fsp3) is 0.308. The molecule has 80 valence electrons. The zero-order valence-corrected chi connectivity index (χ0v) is 9.63. The van der Waals surface area contributed by atoms with Gasteiger partial charge in [0.1, 0.15) is 5.76 Å². The van der Waals surface area contributed by atoms with Crippen LogP contribution in [0, 0.1) is 0 Å². The topological polar surface area (TPSA) is 21.6 Å². The van der Waals surface area contributed by atoms with Gasteiger partial charge in [-0.2, -0.15) is 0 Å². The highest BCUT2D eigenvalue weighted by Crippen LogP contribution is 2.19. The highest BCUT2D eigenvalue weighted by molar-refractivity contribution is 6.03. The Morgan fingerprint density at radius 1 is 1.33 bits per heavy atom. The van der Waals surface area contributed by atoms with Crippen molar-refractivity contribution in [3.05, 3.63) is 47.8 Å². The van der Waals surface area contributed by atoms with E-state index in [1.54, 1.807) is 0 Å². The molecule has 2 nitrogen and oxygen atoms in total. The summed E-state index contributed by atoms with van der Waals surface area (Å²) in [6.45, 7) is 13.6. The first-order valence-corrected chi connectivity index (χ1v) is 4.94. The Balaban J connectivity index is 2.68. The van der Waals surface area contributed by atoms with Crippen LogP contribution in [0.2, 0.25) is 0 Å². The van der Waals surface area contributed by atoms with Crippen molar-refractivity contribution in [3.63, 3.8) is 0 Å². The van der Waals surface area contributed by atoms with Gasteiger partial charge in [-0.05, 0) is 31.9 Å². The lowest BCUT2D eigenvalue weighted by molar-refractivity contribution is 0.219. The van der Waals surface area contributed by atoms with Crippen LogP contribution in [-0.2, 0) is 4.84 Å². The van der Waals surface area contributed by atoms with Crippen molar-refractivity contribution in [3.8, 4) is 0 Å². The SMILES string of the molecule is C=C(C)C=CC(=C)C1=NOC(C)=C(C)C1. The molecule has 0 aliphatic carbocycles. The zero-order chi connectivity index (χ0) is 11.4. The van der Waals surface area contributed by atoms with Crippen molar-refractivity contribution >= 4 is 5.71 Å². The molecule has 0 aromatic carbocycles. The van der Waals surface area contributed by atoms with E-state index in [-0.39, 0.29) is 0 Å². The first-order chi connectivity index (χ1) is 7.00. The molecule has 0 fully saturated rings. The minimum absolute atomic E-state index is 0.811. The molecule has 0 aromatic rings. The van der Waals surface area contributed by atoms with Crippen LogP contribution in [0.4, 0.5) is 0 Å². The molecule has 1 rings (SSSR count). The average molecular weight is 203 g/mol. The van der Waals surface area contributed by atoms with Crippen LogP contribution >= 0.6 is 0 Å². The maximum atomic E-state index is 5.18. The Bertz CT molecular complexity index is 383. The number of oxime groups is 1. The molecule has 0 saturated heterocycles. The third-order valence-corrected chi connectivity index (χ3v) is 2.27. The number of allylic oxidation sites excluding steroid dienone is 6. The Morgan fingerprint density at radius 2 is 2.00 bits per heavy atom. The van der Waals surface area contributed by atoms with Gasteiger partial charge in [0.15, 0.2) is 0 Å².